The Balaban J connectivity index is 1.92. The maximum Gasteiger partial charge on any atom is 0.247 e. The molecule has 1 amide bonds. The summed E-state index contributed by atoms with van der Waals surface area (Å²) in [6.07, 6.45) is 6.20. The molecular formula is C14H16BrNO2. The molecule has 0 heterocycles. The lowest BCUT2D eigenvalue weighted by molar-refractivity contribution is -0.117. The molecule has 0 bridgehead atoms. The highest BCUT2D eigenvalue weighted by Crippen LogP contribution is 2.24. The molecule has 1 aliphatic rings. The van der Waals surface area contributed by atoms with Crippen molar-refractivity contribution >= 4 is 21.8 Å². The summed E-state index contributed by atoms with van der Waals surface area (Å²) in [4.78, 5) is 11.9. The molecule has 0 spiro atoms. The van der Waals surface area contributed by atoms with Gasteiger partial charge in [-0.2, -0.15) is 0 Å². The van der Waals surface area contributed by atoms with Crippen molar-refractivity contribution in [2.45, 2.75) is 32.2 Å². The second kappa shape index (κ2) is 6.05. The number of carbonyl (C=O) groups is 1. The average molecular weight is 310 g/mol. The lowest BCUT2D eigenvalue weighted by Crippen LogP contribution is -2.25. The molecule has 4 heteroatoms. The molecule has 3 nitrogen and oxygen atoms in total. The molecule has 1 aromatic carbocycles. The van der Waals surface area contributed by atoms with Crippen LogP contribution in [0.2, 0.25) is 0 Å². The van der Waals surface area contributed by atoms with E-state index in [9.17, 15) is 9.90 Å². The van der Waals surface area contributed by atoms with Crippen LogP contribution in [0.5, 0.6) is 5.75 Å². The van der Waals surface area contributed by atoms with Crippen LogP contribution in [0, 0.1) is 0 Å². The van der Waals surface area contributed by atoms with Gasteiger partial charge in [-0.3, -0.25) is 4.79 Å². The van der Waals surface area contributed by atoms with Crippen LogP contribution in [0.3, 0.4) is 0 Å². The number of hydrogen-bond donors (Lipinski definition) is 2. The number of halogens is 1. The molecular weight excluding hydrogens is 294 g/mol. The van der Waals surface area contributed by atoms with Gasteiger partial charge in [0.25, 0.3) is 0 Å². The molecule has 2 N–H and O–H groups in total. The molecule has 0 atom stereocenters. The summed E-state index contributed by atoms with van der Waals surface area (Å²) in [7, 11) is 0. The third kappa shape index (κ3) is 3.35. The van der Waals surface area contributed by atoms with Crippen LogP contribution in [0.1, 0.15) is 31.2 Å². The number of rotatable bonds is 3. The highest BCUT2D eigenvalue weighted by Gasteiger charge is 2.11. The zero-order valence-corrected chi connectivity index (χ0v) is 11.7. The Labute approximate surface area is 115 Å². The molecule has 1 aromatic rings. The van der Waals surface area contributed by atoms with Crippen LogP contribution in [0.25, 0.3) is 0 Å². The van der Waals surface area contributed by atoms with Crippen molar-refractivity contribution in [2.24, 2.45) is 0 Å². The molecule has 2 rings (SSSR count). The van der Waals surface area contributed by atoms with Crippen molar-refractivity contribution in [3.8, 4) is 5.75 Å². The molecule has 0 fully saturated rings. The topological polar surface area (TPSA) is 49.3 Å². The van der Waals surface area contributed by atoms with Crippen molar-refractivity contribution in [2.75, 3.05) is 0 Å². The van der Waals surface area contributed by atoms with E-state index < -0.39 is 0 Å². The normalized spacial score (nSPS) is 15.1. The van der Waals surface area contributed by atoms with Crippen LogP contribution in [0.15, 0.2) is 34.3 Å². The van der Waals surface area contributed by atoms with Crippen LogP contribution >= 0.6 is 15.9 Å². The number of allylic oxidation sites excluding steroid dienone is 1. The first-order valence-corrected chi connectivity index (χ1v) is 6.91. The third-order valence-electron chi connectivity index (χ3n) is 3.05. The smallest absolute Gasteiger partial charge is 0.247 e. The van der Waals surface area contributed by atoms with E-state index in [1.165, 1.54) is 6.42 Å². The Morgan fingerprint density at radius 2 is 2.22 bits per heavy atom. The van der Waals surface area contributed by atoms with E-state index in [1.54, 1.807) is 12.1 Å². The summed E-state index contributed by atoms with van der Waals surface area (Å²) >= 11 is 3.26. The highest BCUT2D eigenvalue weighted by molar-refractivity contribution is 9.10. The van der Waals surface area contributed by atoms with Gasteiger partial charge in [-0.1, -0.05) is 12.1 Å². The van der Waals surface area contributed by atoms with Gasteiger partial charge in [-0.25, -0.2) is 0 Å². The van der Waals surface area contributed by atoms with E-state index in [0.717, 1.165) is 30.4 Å². The molecule has 0 aliphatic heterocycles. The number of phenols is 1. The van der Waals surface area contributed by atoms with Gasteiger partial charge >= 0.3 is 0 Å². The zero-order valence-electron chi connectivity index (χ0n) is 10.1. The zero-order chi connectivity index (χ0) is 13.0. The fourth-order valence-corrected chi connectivity index (χ4v) is 2.43. The Morgan fingerprint density at radius 3 is 2.89 bits per heavy atom. The molecule has 0 aromatic heterocycles. The molecule has 1 aliphatic carbocycles. The fraction of sp³-hybridized carbons (Fsp3) is 0.357. The van der Waals surface area contributed by atoms with Crippen LogP contribution in [-0.2, 0) is 11.3 Å². The lowest BCUT2D eigenvalue weighted by atomic mass is 9.99. The van der Waals surface area contributed by atoms with Crippen molar-refractivity contribution < 1.29 is 9.90 Å². The highest BCUT2D eigenvalue weighted by atomic mass is 79.9. The molecule has 0 saturated carbocycles. The van der Waals surface area contributed by atoms with Crippen molar-refractivity contribution in [3.63, 3.8) is 0 Å². The summed E-state index contributed by atoms with van der Waals surface area (Å²) in [5, 5.41) is 12.3. The van der Waals surface area contributed by atoms with Crippen LogP contribution in [-0.4, -0.2) is 11.0 Å². The standard InChI is InChI=1S/C14H16BrNO2/c15-12-8-10(6-7-13(12)17)9-16-14(18)11-4-2-1-3-5-11/h4,6-8,17H,1-3,5,9H2,(H,16,18). The van der Waals surface area contributed by atoms with E-state index in [0.29, 0.717) is 11.0 Å². The van der Waals surface area contributed by atoms with Gasteiger partial charge in [-0.15, -0.1) is 0 Å². The van der Waals surface area contributed by atoms with Gasteiger partial charge in [0.2, 0.25) is 5.91 Å². The van der Waals surface area contributed by atoms with Gasteiger partial charge in [0.1, 0.15) is 5.75 Å². The predicted molar refractivity (Wildman–Crippen MR) is 74.2 cm³/mol. The third-order valence-corrected chi connectivity index (χ3v) is 3.68. The van der Waals surface area contributed by atoms with Gasteiger partial charge in [0.15, 0.2) is 0 Å². The summed E-state index contributed by atoms with van der Waals surface area (Å²) < 4.78 is 0.645. The number of aromatic hydroxyl groups is 1. The molecule has 0 radical (unpaired) electrons. The number of benzene rings is 1. The number of phenolic OH excluding ortho intramolecular Hbond substituents is 1. The Kier molecular flexibility index (Phi) is 4.42. The first-order chi connectivity index (χ1) is 8.66. The molecule has 0 unspecified atom stereocenters. The molecule has 96 valence electrons. The van der Waals surface area contributed by atoms with Crippen LogP contribution in [0.4, 0.5) is 0 Å². The minimum atomic E-state index is 0.0268. The summed E-state index contributed by atoms with van der Waals surface area (Å²) in [5.41, 5.74) is 1.86. The Hall–Kier alpha value is -1.29. The van der Waals surface area contributed by atoms with Gasteiger partial charge in [0.05, 0.1) is 4.47 Å². The SMILES string of the molecule is O=C(NCc1ccc(O)c(Br)c1)C1=CCCCC1. The maximum atomic E-state index is 11.9. The second-order valence-electron chi connectivity index (χ2n) is 4.44. The summed E-state index contributed by atoms with van der Waals surface area (Å²) in [6.45, 7) is 0.481. The Bertz CT molecular complexity index is 483. The van der Waals surface area contributed by atoms with Gasteiger partial charge < -0.3 is 10.4 Å². The molecule has 18 heavy (non-hydrogen) atoms. The minimum Gasteiger partial charge on any atom is -0.507 e. The summed E-state index contributed by atoms with van der Waals surface area (Å²) in [5.74, 6) is 0.235. The first kappa shape index (κ1) is 13.1. The minimum absolute atomic E-state index is 0.0268. The van der Waals surface area contributed by atoms with Crippen molar-refractivity contribution in [1.29, 1.82) is 0 Å². The van der Waals surface area contributed by atoms with E-state index >= 15 is 0 Å². The Morgan fingerprint density at radius 1 is 1.39 bits per heavy atom. The van der Waals surface area contributed by atoms with E-state index in [4.69, 9.17) is 0 Å². The predicted octanol–water partition coefficient (Wildman–Crippen LogP) is 3.27. The van der Waals surface area contributed by atoms with Gasteiger partial charge in [0, 0.05) is 12.1 Å². The number of nitrogens with one attached hydrogen (secondary N) is 1. The summed E-state index contributed by atoms with van der Waals surface area (Å²) in [6, 6.07) is 5.23. The molecule has 0 saturated heterocycles. The number of carbonyl (C=O) groups excluding carboxylic acids is 1. The van der Waals surface area contributed by atoms with E-state index in [-0.39, 0.29) is 11.7 Å². The number of hydrogen-bond acceptors (Lipinski definition) is 2. The fourth-order valence-electron chi connectivity index (χ4n) is 2.00. The number of amides is 1. The second-order valence-corrected chi connectivity index (χ2v) is 5.30. The van der Waals surface area contributed by atoms with Crippen molar-refractivity contribution in [1.82, 2.24) is 5.32 Å². The first-order valence-electron chi connectivity index (χ1n) is 6.11. The quantitative estimate of drug-likeness (QED) is 0.900. The monoisotopic (exact) mass is 309 g/mol. The van der Waals surface area contributed by atoms with Crippen LogP contribution < -0.4 is 5.32 Å². The van der Waals surface area contributed by atoms with E-state index in [2.05, 4.69) is 21.2 Å². The van der Waals surface area contributed by atoms with Crippen molar-refractivity contribution in [3.05, 3.63) is 39.9 Å². The largest absolute Gasteiger partial charge is 0.507 e. The van der Waals surface area contributed by atoms with E-state index in [1.807, 2.05) is 12.1 Å². The lowest BCUT2D eigenvalue weighted by Gasteiger charge is -2.12. The average Bonchev–Trinajstić information content (AvgIpc) is 2.41. The maximum absolute atomic E-state index is 11.9. The van der Waals surface area contributed by atoms with Gasteiger partial charge in [-0.05, 0) is 59.3 Å².